The average molecular weight is 361 g/mol. The van der Waals surface area contributed by atoms with Crippen LogP contribution < -0.4 is 4.90 Å². The molecule has 27 heavy (non-hydrogen) atoms. The third kappa shape index (κ3) is 1.79. The molecule has 0 radical (unpaired) electrons. The second-order valence-corrected chi connectivity index (χ2v) is 9.36. The third-order valence-electron chi connectivity index (χ3n) is 8.63. The molecule has 0 spiro atoms. The molecule has 4 fully saturated rings. The zero-order valence-corrected chi connectivity index (χ0v) is 16.1. The van der Waals surface area contributed by atoms with Crippen LogP contribution in [0, 0.1) is 47.3 Å². The van der Waals surface area contributed by atoms with Crippen molar-refractivity contribution in [2.75, 3.05) is 4.90 Å². The normalized spacial score (nSPS) is 43.1. The summed E-state index contributed by atoms with van der Waals surface area (Å²) in [6.07, 6.45) is 8.89. The first-order valence-corrected chi connectivity index (χ1v) is 10.8. The molecular weight excluding hydrogens is 334 g/mol. The van der Waals surface area contributed by atoms with Gasteiger partial charge >= 0.3 is 0 Å². The number of rotatable bonds is 3. The van der Waals surface area contributed by atoms with Crippen LogP contribution in [-0.2, 0) is 22.4 Å². The SMILES string of the molecule is CCc1cccc(CC)c1N1C(=O)C2C3CC(C2C1=O)C1C2C=CC(C2)C31. The van der Waals surface area contributed by atoms with Gasteiger partial charge in [0, 0.05) is 0 Å². The van der Waals surface area contributed by atoms with Crippen molar-refractivity contribution in [3.8, 4) is 0 Å². The average Bonchev–Trinajstić information content (AvgIpc) is 3.47. The van der Waals surface area contributed by atoms with E-state index < -0.39 is 0 Å². The highest BCUT2D eigenvalue weighted by molar-refractivity contribution is 6.23. The summed E-state index contributed by atoms with van der Waals surface area (Å²) in [7, 11) is 0. The maximum absolute atomic E-state index is 13.6. The van der Waals surface area contributed by atoms with E-state index in [-0.39, 0.29) is 23.7 Å². The largest absolute Gasteiger partial charge is 0.274 e. The second-order valence-electron chi connectivity index (χ2n) is 9.36. The summed E-state index contributed by atoms with van der Waals surface area (Å²) in [5.41, 5.74) is 3.17. The molecule has 4 aliphatic carbocycles. The molecule has 8 unspecified atom stereocenters. The summed E-state index contributed by atoms with van der Waals surface area (Å²) in [6.45, 7) is 4.23. The lowest BCUT2D eigenvalue weighted by atomic mass is 9.65. The van der Waals surface area contributed by atoms with E-state index >= 15 is 0 Å². The van der Waals surface area contributed by atoms with Gasteiger partial charge in [0.15, 0.2) is 0 Å². The van der Waals surface area contributed by atoms with Crippen LogP contribution in [0.5, 0.6) is 0 Å². The van der Waals surface area contributed by atoms with E-state index in [1.54, 1.807) is 4.90 Å². The Morgan fingerprint density at radius 2 is 1.37 bits per heavy atom. The fourth-order valence-electron chi connectivity index (χ4n) is 7.84. The highest BCUT2D eigenvalue weighted by atomic mass is 16.2. The smallest absolute Gasteiger partial charge is 0.238 e. The van der Waals surface area contributed by atoms with Gasteiger partial charge in [-0.3, -0.25) is 9.59 Å². The Kier molecular flexibility index (Phi) is 3.18. The first kappa shape index (κ1) is 16.1. The van der Waals surface area contributed by atoms with Gasteiger partial charge < -0.3 is 0 Å². The number of hydrogen-bond acceptors (Lipinski definition) is 2. The molecule has 4 bridgehead atoms. The quantitative estimate of drug-likeness (QED) is 0.463. The Morgan fingerprint density at radius 1 is 0.852 bits per heavy atom. The molecule has 1 aliphatic heterocycles. The van der Waals surface area contributed by atoms with Crippen LogP contribution in [0.3, 0.4) is 0 Å². The zero-order valence-electron chi connectivity index (χ0n) is 16.1. The molecule has 3 heteroatoms. The van der Waals surface area contributed by atoms with Gasteiger partial charge in [0.2, 0.25) is 11.8 Å². The fraction of sp³-hybridized carbons (Fsp3) is 0.583. The maximum Gasteiger partial charge on any atom is 0.238 e. The number of nitrogens with zero attached hydrogens (tertiary/aromatic N) is 1. The van der Waals surface area contributed by atoms with Crippen molar-refractivity contribution in [1.29, 1.82) is 0 Å². The van der Waals surface area contributed by atoms with Crippen LogP contribution in [0.25, 0.3) is 0 Å². The predicted octanol–water partition coefficient (Wildman–Crippen LogP) is 4.01. The van der Waals surface area contributed by atoms with Gasteiger partial charge in [-0.15, -0.1) is 0 Å². The number of benzene rings is 1. The van der Waals surface area contributed by atoms with Crippen LogP contribution in [0.15, 0.2) is 30.4 Å². The zero-order chi connectivity index (χ0) is 18.4. The Hall–Kier alpha value is -1.90. The van der Waals surface area contributed by atoms with Gasteiger partial charge in [-0.1, -0.05) is 44.2 Å². The van der Waals surface area contributed by atoms with Crippen molar-refractivity contribution in [3.05, 3.63) is 41.5 Å². The maximum atomic E-state index is 13.6. The molecule has 1 aromatic rings. The van der Waals surface area contributed by atoms with Crippen molar-refractivity contribution in [3.63, 3.8) is 0 Å². The second kappa shape index (κ2) is 5.33. The third-order valence-corrected chi connectivity index (χ3v) is 8.63. The van der Waals surface area contributed by atoms with Gasteiger partial charge in [0.25, 0.3) is 0 Å². The molecular formula is C24H27NO2. The lowest BCUT2D eigenvalue weighted by molar-refractivity contribution is -0.123. The van der Waals surface area contributed by atoms with E-state index in [0.29, 0.717) is 35.5 Å². The molecule has 1 aromatic carbocycles. The van der Waals surface area contributed by atoms with Gasteiger partial charge in [0.05, 0.1) is 17.5 Å². The predicted molar refractivity (Wildman–Crippen MR) is 104 cm³/mol. The molecule has 1 saturated heterocycles. The van der Waals surface area contributed by atoms with Crippen LogP contribution in [0.1, 0.15) is 37.8 Å². The van der Waals surface area contributed by atoms with E-state index in [0.717, 1.165) is 36.1 Å². The first-order chi connectivity index (χ1) is 13.2. The minimum atomic E-state index is -0.0499. The first-order valence-electron chi connectivity index (χ1n) is 10.8. The summed E-state index contributed by atoms with van der Waals surface area (Å²) in [5, 5.41) is 0. The van der Waals surface area contributed by atoms with E-state index in [1.165, 1.54) is 6.42 Å². The van der Waals surface area contributed by atoms with Crippen molar-refractivity contribution >= 4 is 17.5 Å². The van der Waals surface area contributed by atoms with E-state index in [9.17, 15) is 9.59 Å². The monoisotopic (exact) mass is 361 g/mol. The fourth-order valence-corrected chi connectivity index (χ4v) is 7.84. The molecule has 6 rings (SSSR count). The number of anilines is 1. The molecule has 2 amide bonds. The summed E-state index contributed by atoms with van der Waals surface area (Å²) in [6, 6.07) is 6.22. The highest BCUT2D eigenvalue weighted by Crippen LogP contribution is 2.70. The molecule has 140 valence electrons. The molecule has 3 nitrogen and oxygen atoms in total. The summed E-state index contributed by atoms with van der Waals surface area (Å²) in [4.78, 5) is 28.8. The topological polar surface area (TPSA) is 37.4 Å². The summed E-state index contributed by atoms with van der Waals surface area (Å²) >= 11 is 0. The minimum Gasteiger partial charge on any atom is -0.274 e. The van der Waals surface area contributed by atoms with E-state index in [1.807, 2.05) is 0 Å². The molecule has 5 aliphatic rings. The Labute approximate surface area is 160 Å². The van der Waals surface area contributed by atoms with Crippen molar-refractivity contribution in [2.24, 2.45) is 47.3 Å². The number of amides is 2. The van der Waals surface area contributed by atoms with Crippen LogP contribution in [0.4, 0.5) is 5.69 Å². The molecule has 8 atom stereocenters. The van der Waals surface area contributed by atoms with Crippen LogP contribution >= 0.6 is 0 Å². The standard InChI is InChI=1S/C24H27NO2/c1-3-12-6-5-7-13(4-2)22(12)25-23(26)20-16-11-17(21(20)24(25)27)19-15-9-8-14(10-15)18(16)19/h5-9,14-21H,3-4,10-11H2,1-2H3. The molecule has 0 aromatic heterocycles. The van der Waals surface area contributed by atoms with E-state index in [2.05, 4.69) is 44.2 Å². The number of imide groups is 1. The lowest BCUT2D eigenvalue weighted by Crippen LogP contribution is -2.38. The number of carbonyl (C=O) groups excluding carboxylic acids is 2. The number of hydrogen-bond donors (Lipinski definition) is 0. The molecule has 3 saturated carbocycles. The molecule has 0 N–H and O–H groups in total. The minimum absolute atomic E-state index is 0.0499. The van der Waals surface area contributed by atoms with Crippen molar-refractivity contribution in [2.45, 2.75) is 39.5 Å². The lowest BCUT2D eigenvalue weighted by Gasteiger charge is -2.36. The summed E-state index contributed by atoms with van der Waals surface area (Å²) in [5.74, 6) is 3.65. The van der Waals surface area contributed by atoms with E-state index in [4.69, 9.17) is 0 Å². The molecule has 1 heterocycles. The Bertz CT molecular complexity index is 822. The number of allylic oxidation sites excluding steroid dienone is 2. The van der Waals surface area contributed by atoms with Crippen molar-refractivity contribution < 1.29 is 9.59 Å². The van der Waals surface area contributed by atoms with Gasteiger partial charge in [-0.05, 0) is 72.3 Å². The summed E-state index contributed by atoms with van der Waals surface area (Å²) < 4.78 is 0. The van der Waals surface area contributed by atoms with Gasteiger partial charge in [0.1, 0.15) is 0 Å². The number of carbonyl (C=O) groups is 2. The van der Waals surface area contributed by atoms with Crippen LogP contribution in [0.2, 0.25) is 0 Å². The van der Waals surface area contributed by atoms with Crippen molar-refractivity contribution in [1.82, 2.24) is 0 Å². The number of aryl methyl sites for hydroxylation is 2. The Balaban J connectivity index is 1.44. The highest BCUT2D eigenvalue weighted by Gasteiger charge is 2.71. The Morgan fingerprint density at radius 3 is 1.85 bits per heavy atom. The number of fused-ring (bicyclic) bond motifs is 12. The van der Waals surface area contributed by atoms with Gasteiger partial charge in [-0.2, -0.15) is 0 Å². The van der Waals surface area contributed by atoms with Crippen LogP contribution in [-0.4, -0.2) is 11.8 Å². The van der Waals surface area contributed by atoms with Gasteiger partial charge in [-0.25, -0.2) is 4.90 Å². The number of para-hydroxylation sites is 1.